The third kappa shape index (κ3) is 5.11. The molecule has 31 heavy (non-hydrogen) atoms. The fourth-order valence-corrected chi connectivity index (χ4v) is 4.04. The smallest absolute Gasteiger partial charge is 0.343 e. The Bertz CT molecular complexity index is 1150. The van der Waals surface area contributed by atoms with Gasteiger partial charge in [0.25, 0.3) is 0 Å². The molecular formula is C27H24F2O2. The molecule has 4 heteroatoms. The van der Waals surface area contributed by atoms with Gasteiger partial charge in [-0.2, -0.15) is 0 Å². The highest BCUT2D eigenvalue weighted by Crippen LogP contribution is 2.30. The molecule has 0 N–H and O–H groups in total. The highest BCUT2D eigenvalue weighted by Gasteiger charge is 2.18. The minimum Gasteiger partial charge on any atom is -0.423 e. The molecule has 158 valence electrons. The molecule has 1 fully saturated rings. The first-order chi connectivity index (χ1) is 15.0. The van der Waals surface area contributed by atoms with Crippen molar-refractivity contribution in [2.45, 2.75) is 39.0 Å². The summed E-state index contributed by atoms with van der Waals surface area (Å²) in [6.07, 6.45) is 6.11. The Labute approximate surface area is 181 Å². The molecule has 0 saturated heterocycles. The largest absolute Gasteiger partial charge is 0.423 e. The minimum absolute atomic E-state index is 0.273. The molecule has 3 aromatic carbocycles. The summed E-state index contributed by atoms with van der Waals surface area (Å²) in [7, 11) is 0. The van der Waals surface area contributed by atoms with Crippen LogP contribution in [0.3, 0.4) is 0 Å². The van der Waals surface area contributed by atoms with Gasteiger partial charge in [0.15, 0.2) is 11.6 Å². The van der Waals surface area contributed by atoms with Crippen LogP contribution < -0.4 is 4.74 Å². The van der Waals surface area contributed by atoms with Crippen molar-refractivity contribution in [1.82, 2.24) is 0 Å². The monoisotopic (exact) mass is 418 g/mol. The lowest BCUT2D eigenvalue weighted by Gasteiger charge is -2.24. The molecule has 0 radical (unpaired) electrons. The Balaban J connectivity index is 1.40. The number of rotatable bonds is 3. The van der Waals surface area contributed by atoms with Crippen molar-refractivity contribution in [3.8, 4) is 17.6 Å². The van der Waals surface area contributed by atoms with E-state index in [0.717, 1.165) is 36.5 Å². The molecular weight excluding hydrogens is 394 g/mol. The summed E-state index contributed by atoms with van der Waals surface area (Å²) in [6.45, 7) is 2.25. The van der Waals surface area contributed by atoms with E-state index in [1.54, 1.807) is 24.3 Å². The second-order valence-corrected chi connectivity index (χ2v) is 8.14. The lowest BCUT2D eigenvalue weighted by atomic mass is 9.81. The lowest BCUT2D eigenvalue weighted by molar-refractivity contribution is 0.0735. The molecule has 0 aromatic heterocycles. The van der Waals surface area contributed by atoms with Crippen molar-refractivity contribution < 1.29 is 18.3 Å². The van der Waals surface area contributed by atoms with Crippen molar-refractivity contribution in [3.63, 3.8) is 0 Å². The van der Waals surface area contributed by atoms with Gasteiger partial charge in [0.05, 0.1) is 5.56 Å². The van der Waals surface area contributed by atoms with Crippen LogP contribution in [0, 0.1) is 35.3 Å². The normalized spacial score (nSPS) is 18.3. The SMILES string of the molecule is CCC1CCC(C#Cc2ccc(C(=O)Oc3ccc4cc(F)c(F)cc4c3)cc2)CC1. The summed E-state index contributed by atoms with van der Waals surface area (Å²) in [6, 6.07) is 13.9. The molecule has 0 heterocycles. The van der Waals surface area contributed by atoms with Gasteiger partial charge in [-0.1, -0.05) is 31.3 Å². The Morgan fingerprint density at radius 1 is 0.935 bits per heavy atom. The van der Waals surface area contributed by atoms with E-state index in [0.29, 0.717) is 22.3 Å². The molecule has 4 rings (SSSR count). The fraction of sp³-hybridized carbons (Fsp3) is 0.296. The Kier molecular flexibility index (Phi) is 6.32. The highest BCUT2D eigenvalue weighted by molar-refractivity contribution is 5.92. The summed E-state index contributed by atoms with van der Waals surface area (Å²) >= 11 is 0. The van der Waals surface area contributed by atoms with E-state index in [1.165, 1.54) is 25.3 Å². The first-order valence-electron chi connectivity index (χ1n) is 10.7. The maximum absolute atomic E-state index is 13.5. The van der Waals surface area contributed by atoms with E-state index >= 15 is 0 Å². The second kappa shape index (κ2) is 9.31. The molecule has 0 atom stereocenters. The van der Waals surface area contributed by atoms with Gasteiger partial charge >= 0.3 is 5.97 Å². The van der Waals surface area contributed by atoms with Gasteiger partial charge in [-0.25, -0.2) is 13.6 Å². The quantitative estimate of drug-likeness (QED) is 0.263. The highest BCUT2D eigenvalue weighted by atomic mass is 19.2. The van der Waals surface area contributed by atoms with Gasteiger partial charge in [0.1, 0.15) is 5.75 Å². The zero-order valence-electron chi connectivity index (χ0n) is 17.5. The molecule has 1 aliphatic carbocycles. The summed E-state index contributed by atoms with van der Waals surface area (Å²) < 4.78 is 32.2. The minimum atomic E-state index is -0.939. The Morgan fingerprint density at radius 2 is 1.61 bits per heavy atom. The topological polar surface area (TPSA) is 26.3 Å². The molecule has 3 aromatic rings. The number of halogens is 2. The van der Waals surface area contributed by atoms with Crippen molar-refractivity contribution in [3.05, 3.63) is 77.4 Å². The summed E-state index contributed by atoms with van der Waals surface area (Å²) in [4.78, 5) is 12.5. The molecule has 0 amide bonds. The fourth-order valence-electron chi connectivity index (χ4n) is 4.04. The van der Waals surface area contributed by atoms with Crippen molar-refractivity contribution in [2.75, 3.05) is 0 Å². The average Bonchev–Trinajstić information content (AvgIpc) is 2.79. The van der Waals surface area contributed by atoms with Gasteiger partial charge in [0.2, 0.25) is 0 Å². The van der Waals surface area contributed by atoms with Gasteiger partial charge < -0.3 is 4.74 Å². The number of fused-ring (bicyclic) bond motifs is 1. The maximum atomic E-state index is 13.5. The predicted molar refractivity (Wildman–Crippen MR) is 118 cm³/mol. The zero-order valence-corrected chi connectivity index (χ0v) is 17.5. The van der Waals surface area contributed by atoms with Gasteiger partial charge in [-0.05, 0) is 90.9 Å². The molecule has 0 spiro atoms. The van der Waals surface area contributed by atoms with Crippen LogP contribution >= 0.6 is 0 Å². The van der Waals surface area contributed by atoms with Crippen LogP contribution in [-0.4, -0.2) is 5.97 Å². The van der Waals surface area contributed by atoms with E-state index in [2.05, 4.69) is 18.8 Å². The van der Waals surface area contributed by atoms with Crippen LogP contribution in [0.1, 0.15) is 54.9 Å². The van der Waals surface area contributed by atoms with Crippen LogP contribution in [0.4, 0.5) is 8.78 Å². The molecule has 1 saturated carbocycles. The molecule has 0 bridgehead atoms. The van der Waals surface area contributed by atoms with Crippen molar-refractivity contribution in [2.24, 2.45) is 11.8 Å². The van der Waals surface area contributed by atoms with Crippen LogP contribution in [0.15, 0.2) is 54.6 Å². The molecule has 1 aliphatic rings. The number of carbonyl (C=O) groups is 1. The first-order valence-corrected chi connectivity index (χ1v) is 10.7. The maximum Gasteiger partial charge on any atom is 0.343 e. The number of benzene rings is 3. The number of hydrogen-bond acceptors (Lipinski definition) is 2. The summed E-state index contributed by atoms with van der Waals surface area (Å²) in [5.41, 5.74) is 1.27. The van der Waals surface area contributed by atoms with Gasteiger partial charge in [-0.15, -0.1) is 0 Å². The van der Waals surface area contributed by atoms with E-state index in [-0.39, 0.29) is 5.75 Å². The number of hydrogen-bond donors (Lipinski definition) is 0. The number of ether oxygens (including phenoxy) is 1. The van der Waals surface area contributed by atoms with E-state index in [9.17, 15) is 13.6 Å². The van der Waals surface area contributed by atoms with E-state index < -0.39 is 17.6 Å². The number of esters is 1. The summed E-state index contributed by atoms with van der Waals surface area (Å²) in [5.74, 6) is 5.82. The third-order valence-corrected chi connectivity index (χ3v) is 6.03. The third-order valence-electron chi connectivity index (χ3n) is 6.03. The van der Waals surface area contributed by atoms with Gasteiger partial charge in [-0.3, -0.25) is 0 Å². The van der Waals surface area contributed by atoms with E-state index in [4.69, 9.17) is 4.74 Å². The Hall–Kier alpha value is -3.19. The Morgan fingerprint density at radius 3 is 2.29 bits per heavy atom. The predicted octanol–water partition coefficient (Wildman–Crippen LogP) is 6.91. The van der Waals surface area contributed by atoms with Crippen LogP contribution in [-0.2, 0) is 0 Å². The molecule has 0 aliphatic heterocycles. The number of carbonyl (C=O) groups excluding carboxylic acids is 1. The summed E-state index contributed by atoms with van der Waals surface area (Å²) in [5, 5.41) is 0.993. The van der Waals surface area contributed by atoms with Crippen molar-refractivity contribution >= 4 is 16.7 Å². The van der Waals surface area contributed by atoms with Crippen LogP contribution in [0.2, 0.25) is 0 Å². The van der Waals surface area contributed by atoms with Crippen molar-refractivity contribution in [1.29, 1.82) is 0 Å². The lowest BCUT2D eigenvalue weighted by Crippen LogP contribution is -2.12. The zero-order chi connectivity index (χ0) is 21.8. The average molecular weight is 418 g/mol. The first kappa shape index (κ1) is 21.1. The second-order valence-electron chi connectivity index (χ2n) is 8.14. The molecule has 0 unspecified atom stereocenters. The van der Waals surface area contributed by atoms with Crippen LogP contribution in [0.5, 0.6) is 5.75 Å². The molecule has 2 nitrogen and oxygen atoms in total. The van der Waals surface area contributed by atoms with Crippen LogP contribution in [0.25, 0.3) is 10.8 Å². The van der Waals surface area contributed by atoms with Gasteiger partial charge in [0, 0.05) is 11.5 Å². The standard InChI is InChI=1S/C27H24F2O2/c1-2-18-3-5-19(6-4-18)7-8-20-9-11-21(12-10-20)27(30)31-24-14-13-22-16-25(28)26(29)17-23(22)15-24/h9-19H,2-6H2,1H3. The van der Waals surface area contributed by atoms with E-state index in [1.807, 2.05) is 12.1 Å².